The highest BCUT2D eigenvalue weighted by Crippen LogP contribution is 2.40. The van der Waals surface area contributed by atoms with Gasteiger partial charge in [-0.3, -0.25) is 0 Å². The Morgan fingerprint density at radius 2 is 2.09 bits per heavy atom. The molecule has 0 radical (unpaired) electrons. The first-order valence-corrected chi connectivity index (χ1v) is 7.36. The third-order valence-electron chi connectivity index (χ3n) is 3.29. The lowest BCUT2D eigenvalue weighted by Crippen LogP contribution is -2.99. The standard InChI is InChI=1S/C13H11N5O3S/c19-18(20)9-5-3-8(4-6-9)11-14-15-13-17(11)16-12(22-13)10-2-1-7-21-10/h1-7,12,16,18-19H/t12-/m0/s1. The molecular formula is C13H11N5O3S. The van der Waals surface area contributed by atoms with Crippen LogP contribution < -0.4 is 10.7 Å². The summed E-state index contributed by atoms with van der Waals surface area (Å²) in [6, 6.07) is 10.3. The van der Waals surface area contributed by atoms with E-state index < -0.39 is 5.23 Å². The molecular weight excluding hydrogens is 306 g/mol. The highest BCUT2D eigenvalue weighted by molar-refractivity contribution is 7.99. The predicted molar refractivity (Wildman–Crippen MR) is 77.9 cm³/mol. The monoisotopic (exact) mass is 317 g/mol. The summed E-state index contributed by atoms with van der Waals surface area (Å²) in [5.74, 6) is 1.44. The minimum Gasteiger partial charge on any atom is -0.595 e. The van der Waals surface area contributed by atoms with Crippen LogP contribution in [0.4, 0.5) is 5.69 Å². The van der Waals surface area contributed by atoms with Crippen LogP contribution in [0.1, 0.15) is 11.1 Å². The minimum atomic E-state index is -0.954. The molecule has 0 fully saturated rings. The number of rotatable bonds is 3. The Morgan fingerprint density at radius 1 is 1.27 bits per heavy atom. The van der Waals surface area contributed by atoms with Gasteiger partial charge < -0.3 is 15.1 Å². The smallest absolute Gasteiger partial charge is 0.212 e. The maximum absolute atomic E-state index is 10.9. The fourth-order valence-electron chi connectivity index (χ4n) is 2.22. The van der Waals surface area contributed by atoms with Gasteiger partial charge in [-0.2, -0.15) is 5.23 Å². The van der Waals surface area contributed by atoms with Crippen molar-refractivity contribution in [1.29, 1.82) is 0 Å². The first-order chi connectivity index (χ1) is 10.7. The summed E-state index contributed by atoms with van der Waals surface area (Å²) >= 11 is 1.51. The molecule has 0 saturated carbocycles. The largest absolute Gasteiger partial charge is 0.595 e. The molecule has 0 amide bonds. The van der Waals surface area contributed by atoms with E-state index in [9.17, 15) is 5.21 Å². The van der Waals surface area contributed by atoms with E-state index in [-0.39, 0.29) is 11.1 Å². The average Bonchev–Trinajstić information content (AvgIpc) is 3.23. The van der Waals surface area contributed by atoms with Crippen molar-refractivity contribution in [2.24, 2.45) is 0 Å². The Labute approximate surface area is 128 Å². The van der Waals surface area contributed by atoms with E-state index in [1.807, 2.05) is 12.1 Å². The molecule has 2 aromatic heterocycles. The van der Waals surface area contributed by atoms with Crippen LogP contribution in [0, 0.1) is 5.21 Å². The van der Waals surface area contributed by atoms with Gasteiger partial charge in [0.2, 0.25) is 5.16 Å². The molecule has 3 heterocycles. The number of benzene rings is 1. The Morgan fingerprint density at radius 3 is 2.77 bits per heavy atom. The van der Waals surface area contributed by atoms with Crippen molar-refractivity contribution >= 4 is 17.4 Å². The summed E-state index contributed by atoms with van der Waals surface area (Å²) in [6.07, 6.45) is 1.63. The van der Waals surface area contributed by atoms with Gasteiger partial charge in [0.05, 0.1) is 6.26 Å². The van der Waals surface area contributed by atoms with Crippen LogP contribution in [-0.2, 0) is 0 Å². The number of hydrogen-bond donors (Lipinski definition) is 3. The molecule has 1 aliphatic rings. The van der Waals surface area contributed by atoms with Crippen molar-refractivity contribution in [3.05, 3.63) is 53.6 Å². The first kappa shape index (κ1) is 13.3. The molecule has 2 atom stereocenters. The molecule has 1 aromatic carbocycles. The van der Waals surface area contributed by atoms with E-state index >= 15 is 0 Å². The van der Waals surface area contributed by atoms with Crippen LogP contribution >= 0.6 is 11.8 Å². The number of fused-ring (bicyclic) bond motifs is 1. The number of furan rings is 1. The van der Waals surface area contributed by atoms with Crippen LogP contribution in [0.5, 0.6) is 0 Å². The number of aromatic nitrogens is 3. The zero-order valence-electron chi connectivity index (χ0n) is 11.1. The van der Waals surface area contributed by atoms with E-state index in [1.165, 1.54) is 11.8 Å². The van der Waals surface area contributed by atoms with Gasteiger partial charge in [-0.05, 0) is 36.0 Å². The normalized spacial score (nSPS) is 18.0. The maximum atomic E-state index is 10.9. The molecule has 4 rings (SSSR count). The van der Waals surface area contributed by atoms with E-state index in [0.29, 0.717) is 5.82 Å². The molecule has 22 heavy (non-hydrogen) atoms. The average molecular weight is 317 g/mol. The molecule has 1 unspecified atom stereocenters. The second-order valence-corrected chi connectivity index (χ2v) is 5.74. The topological polar surface area (TPSA) is 104 Å². The number of thioether (sulfide) groups is 1. The van der Waals surface area contributed by atoms with Crippen LogP contribution in [0.15, 0.2) is 52.2 Å². The van der Waals surface area contributed by atoms with Crippen molar-refractivity contribution in [1.82, 2.24) is 14.9 Å². The molecule has 0 spiro atoms. The van der Waals surface area contributed by atoms with Gasteiger partial charge in [-0.15, -0.1) is 10.2 Å². The number of nitrogens with zero attached hydrogens (tertiary/aromatic N) is 3. The lowest BCUT2D eigenvalue weighted by Gasteiger charge is -2.12. The molecule has 112 valence electrons. The van der Waals surface area contributed by atoms with Gasteiger partial charge >= 0.3 is 0 Å². The van der Waals surface area contributed by atoms with Gasteiger partial charge in [-0.25, -0.2) is 9.88 Å². The van der Waals surface area contributed by atoms with Gasteiger partial charge in [0.25, 0.3) is 0 Å². The molecule has 9 heteroatoms. The molecule has 3 N–H and O–H groups in total. The van der Waals surface area contributed by atoms with Crippen molar-refractivity contribution in [2.45, 2.75) is 10.5 Å². The van der Waals surface area contributed by atoms with E-state index in [1.54, 1.807) is 35.2 Å². The summed E-state index contributed by atoms with van der Waals surface area (Å²) in [6.45, 7) is 0. The summed E-state index contributed by atoms with van der Waals surface area (Å²) in [5, 5.41) is 27.9. The van der Waals surface area contributed by atoms with Crippen molar-refractivity contribution in [2.75, 3.05) is 5.43 Å². The lowest BCUT2D eigenvalue weighted by molar-refractivity contribution is -0.991. The fraction of sp³-hybridized carbons (Fsp3) is 0.0769. The second kappa shape index (κ2) is 5.14. The predicted octanol–water partition coefficient (Wildman–Crippen LogP) is 1.29. The van der Waals surface area contributed by atoms with Gasteiger partial charge in [-0.1, -0.05) is 0 Å². The van der Waals surface area contributed by atoms with Crippen LogP contribution in [0.25, 0.3) is 11.4 Å². The summed E-state index contributed by atoms with van der Waals surface area (Å²) in [7, 11) is 0. The maximum Gasteiger partial charge on any atom is 0.212 e. The molecule has 1 aliphatic heterocycles. The van der Waals surface area contributed by atoms with Crippen LogP contribution in [0.2, 0.25) is 0 Å². The molecule has 0 saturated heterocycles. The molecule has 8 nitrogen and oxygen atoms in total. The number of nitrogens with one attached hydrogen (secondary N) is 2. The van der Waals surface area contributed by atoms with Gasteiger partial charge in [0.15, 0.2) is 16.9 Å². The minimum absolute atomic E-state index is 0.0578. The van der Waals surface area contributed by atoms with Crippen LogP contribution in [-0.4, -0.2) is 20.1 Å². The van der Waals surface area contributed by atoms with E-state index in [2.05, 4.69) is 15.6 Å². The first-order valence-electron chi connectivity index (χ1n) is 6.48. The molecule has 3 aromatic rings. The zero-order valence-corrected chi connectivity index (χ0v) is 11.9. The molecule has 0 bridgehead atoms. The Kier molecular flexibility index (Phi) is 3.12. The third kappa shape index (κ3) is 2.16. The Bertz CT molecular complexity index is 785. The van der Waals surface area contributed by atoms with Crippen molar-refractivity contribution < 1.29 is 14.9 Å². The highest BCUT2D eigenvalue weighted by atomic mass is 32.2. The summed E-state index contributed by atoms with van der Waals surface area (Å²) < 4.78 is 7.18. The van der Waals surface area contributed by atoms with Crippen molar-refractivity contribution in [3.8, 4) is 11.4 Å². The molecule has 0 aliphatic carbocycles. The lowest BCUT2D eigenvalue weighted by atomic mass is 10.2. The number of hydrogen-bond acceptors (Lipinski definition) is 7. The summed E-state index contributed by atoms with van der Waals surface area (Å²) in [4.78, 5) is 0. The van der Waals surface area contributed by atoms with Gasteiger partial charge in [0, 0.05) is 17.7 Å². The van der Waals surface area contributed by atoms with Crippen molar-refractivity contribution in [3.63, 3.8) is 0 Å². The highest BCUT2D eigenvalue weighted by Gasteiger charge is 2.29. The fourth-order valence-corrected chi connectivity index (χ4v) is 3.17. The Hall–Kier alpha value is -2.33. The van der Waals surface area contributed by atoms with E-state index in [0.717, 1.165) is 16.5 Å². The third-order valence-corrected chi connectivity index (χ3v) is 4.34. The Balaban J connectivity index is 1.64. The SMILES string of the molecule is [O-][NH+](O)c1ccc(-c2nnc3n2N[C@H](c2ccco2)S3)cc1. The summed E-state index contributed by atoms with van der Waals surface area (Å²) in [5.41, 5.74) is 4.29. The number of quaternary nitrogens is 1. The zero-order chi connectivity index (χ0) is 15.1. The van der Waals surface area contributed by atoms with E-state index in [4.69, 9.17) is 9.62 Å². The quantitative estimate of drug-likeness (QED) is 0.625. The second-order valence-electron chi connectivity index (χ2n) is 4.67. The van der Waals surface area contributed by atoms with Crippen LogP contribution in [0.3, 0.4) is 0 Å². The van der Waals surface area contributed by atoms with Gasteiger partial charge in [0.1, 0.15) is 5.76 Å².